The molecule has 0 unspecified atom stereocenters. The minimum absolute atomic E-state index is 0.188. The van der Waals surface area contributed by atoms with E-state index in [9.17, 15) is 21.6 Å². The van der Waals surface area contributed by atoms with Crippen molar-refractivity contribution in [2.45, 2.75) is 31.2 Å². The van der Waals surface area contributed by atoms with Gasteiger partial charge in [0.2, 0.25) is 0 Å². The molecule has 0 spiro atoms. The van der Waals surface area contributed by atoms with Gasteiger partial charge < -0.3 is 9.29 Å². The summed E-state index contributed by atoms with van der Waals surface area (Å²) in [7, 11) is -6.13. The lowest BCUT2D eigenvalue weighted by atomic mass is 9.91. The summed E-state index contributed by atoms with van der Waals surface area (Å²) in [5, 5.41) is 0. The zero-order chi connectivity index (χ0) is 24.3. The Kier molecular flexibility index (Phi) is 7.96. The number of piperidine rings is 1. The quantitative estimate of drug-likeness (QED) is 0.359. The summed E-state index contributed by atoms with van der Waals surface area (Å²) in [6, 6.07) is 7.91. The van der Waals surface area contributed by atoms with Gasteiger partial charge in [-0.2, -0.15) is 25.9 Å². The average molecular weight is 500 g/mol. The van der Waals surface area contributed by atoms with Gasteiger partial charge in [0.05, 0.1) is 14.2 Å². The smallest absolute Gasteiger partial charge is 0.485 e. The first kappa shape index (κ1) is 26.1. The maximum absolute atomic E-state index is 13.0. The summed E-state index contributed by atoms with van der Waals surface area (Å²) in [5.74, 6) is 1.69. The number of hydrogen-bond donors (Lipinski definition) is 0. The van der Waals surface area contributed by atoms with E-state index >= 15 is 0 Å². The fourth-order valence-electron chi connectivity index (χ4n) is 3.22. The largest absolute Gasteiger partial charge is 0.741 e. The van der Waals surface area contributed by atoms with E-state index in [-0.39, 0.29) is 5.92 Å². The molecule has 0 aliphatic carbocycles. The number of halogens is 3. The van der Waals surface area contributed by atoms with Crippen LogP contribution in [-0.4, -0.2) is 55.4 Å². The number of methoxy groups -OCH3 is 1. The lowest BCUT2D eigenvalue weighted by Crippen LogP contribution is -2.43. The van der Waals surface area contributed by atoms with E-state index in [2.05, 4.69) is 0 Å². The minimum atomic E-state index is -6.09. The second-order valence-corrected chi connectivity index (χ2v) is 10.3. The molecular weight excluding hydrogens is 475 g/mol. The Hall–Kier alpha value is -2.16. The predicted molar refractivity (Wildman–Crippen MR) is 107 cm³/mol. The van der Waals surface area contributed by atoms with Crippen molar-refractivity contribution in [1.82, 2.24) is 8.28 Å². The molecule has 9 nitrogen and oxygen atoms in total. The Morgan fingerprint density at radius 1 is 1.22 bits per heavy atom. The molecule has 180 valence electrons. The summed E-state index contributed by atoms with van der Waals surface area (Å²) in [6.07, 6.45) is 5.21. The summed E-state index contributed by atoms with van der Waals surface area (Å²) in [5.41, 5.74) is -4.52. The third kappa shape index (κ3) is 5.99. The lowest BCUT2D eigenvalue weighted by Gasteiger charge is -2.30. The van der Waals surface area contributed by atoms with Crippen LogP contribution in [0.15, 0.2) is 36.7 Å². The van der Waals surface area contributed by atoms with Gasteiger partial charge in [-0.15, -0.1) is 3.97 Å². The van der Waals surface area contributed by atoms with Crippen LogP contribution in [0.3, 0.4) is 0 Å². The highest BCUT2D eigenvalue weighted by Gasteiger charge is 2.37. The zero-order valence-electron chi connectivity index (χ0n) is 17.6. The fourth-order valence-corrected chi connectivity index (χ4v) is 4.87. The number of imidazole rings is 1. The van der Waals surface area contributed by atoms with Gasteiger partial charge in [-0.3, -0.25) is 0 Å². The number of nitrogens with zero attached hydrogens (tertiary/aromatic N) is 3. The van der Waals surface area contributed by atoms with Gasteiger partial charge >= 0.3 is 15.7 Å². The molecule has 0 saturated carbocycles. The molecule has 1 saturated heterocycles. The molecule has 1 aliphatic heterocycles. The molecule has 1 aromatic carbocycles. The van der Waals surface area contributed by atoms with Crippen LogP contribution in [0.25, 0.3) is 0 Å². The van der Waals surface area contributed by atoms with E-state index in [0.29, 0.717) is 18.9 Å². The lowest BCUT2D eigenvalue weighted by molar-refractivity contribution is -0.676. The Morgan fingerprint density at radius 2 is 1.84 bits per heavy atom. The number of hydrogen-bond acceptors (Lipinski definition) is 6. The van der Waals surface area contributed by atoms with Crippen LogP contribution >= 0.6 is 0 Å². The molecule has 2 aromatic rings. The Labute approximate surface area is 185 Å². The Bertz CT molecular complexity index is 1150. The monoisotopic (exact) mass is 499 g/mol. The van der Waals surface area contributed by atoms with E-state index in [1.165, 1.54) is 3.97 Å². The number of aryl methyl sites for hydroxylation is 1. The normalized spacial score (nSPS) is 18.0. The molecule has 1 aromatic heterocycles. The van der Waals surface area contributed by atoms with Crippen LogP contribution in [0.2, 0.25) is 0 Å². The summed E-state index contributed by atoms with van der Waals surface area (Å²) < 4.78 is 94.9. The highest BCUT2D eigenvalue weighted by Crippen LogP contribution is 2.30. The van der Waals surface area contributed by atoms with Crippen molar-refractivity contribution in [2.75, 3.05) is 20.2 Å². The predicted octanol–water partition coefficient (Wildman–Crippen LogP) is 1.65. The summed E-state index contributed by atoms with van der Waals surface area (Å²) in [4.78, 5) is 0. The topological polar surface area (TPSA) is 113 Å². The first-order valence-corrected chi connectivity index (χ1v) is 12.2. The van der Waals surface area contributed by atoms with Crippen LogP contribution in [0.4, 0.5) is 13.2 Å². The van der Waals surface area contributed by atoms with Crippen molar-refractivity contribution in [3.63, 3.8) is 0 Å². The van der Waals surface area contributed by atoms with Gasteiger partial charge in [-0.05, 0) is 36.5 Å². The Morgan fingerprint density at radius 3 is 2.34 bits per heavy atom. The van der Waals surface area contributed by atoms with E-state index in [4.69, 9.17) is 17.7 Å². The maximum atomic E-state index is 13.0. The summed E-state index contributed by atoms with van der Waals surface area (Å²) >= 11 is 0. The van der Waals surface area contributed by atoms with Gasteiger partial charge in [-0.1, -0.05) is 12.1 Å². The highest BCUT2D eigenvalue weighted by molar-refractivity contribution is 7.87. The molecule has 0 N–H and O–H groups in total. The van der Waals surface area contributed by atoms with Gasteiger partial charge in [0.1, 0.15) is 18.1 Å². The minimum Gasteiger partial charge on any atom is -0.741 e. The van der Waals surface area contributed by atoms with Crippen molar-refractivity contribution >= 4 is 20.3 Å². The summed E-state index contributed by atoms with van der Waals surface area (Å²) in [6.45, 7) is 2.86. The molecule has 0 bridgehead atoms. The van der Waals surface area contributed by atoms with Crippen LogP contribution in [-0.2, 0) is 27.4 Å². The molecule has 0 radical (unpaired) electrons. The molecule has 14 heteroatoms. The standard InChI is InChI=1S/C17H24N3O3S.CHF3O3S/c1-14-18(2)10-11-20(14)24(21,22)19-9-5-7-16(13-19)15-6-4-8-17(12-15)23-3;2-1(3,4)8(5,6)7/h4,6,8,10-12,16H,5,7,9,13H2,1-3H3;(H,5,6,7)/q+1;/p-1/t16-;/m1./s1. The van der Waals surface area contributed by atoms with Gasteiger partial charge in [0.25, 0.3) is 5.82 Å². The maximum Gasteiger partial charge on any atom is 0.485 e. The van der Waals surface area contributed by atoms with Gasteiger partial charge in [-0.25, -0.2) is 13.0 Å². The van der Waals surface area contributed by atoms with Crippen molar-refractivity contribution in [3.05, 3.63) is 48.0 Å². The molecular formula is C18H24F3N3O6S2. The number of ether oxygens (including phenoxy) is 1. The molecule has 1 fully saturated rings. The van der Waals surface area contributed by atoms with Crippen LogP contribution in [0.1, 0.15) is 30.1 Å². The third-order valence-corrected chi connectivity index (χ3v) is 7.50. The molecule has 0 amide bonds. The molecule has 1 atom stereocenters. The van der Waals surface area contributed by atoms with E-state index in [1.54, 1.807) is 35.3 Å². The average Bonchev–Trinajstić information content (AvgIpc) is 3.06. The highest BCUT2D eigenvalue weighted by atomic mass is 32.2. The van der Waals surface area contributed by atoms with E-state index in [0.717, 1.165) is 24.2 Å². The van der Waals surface area contributed by atoms with Crippen molar-refractivity contribution in [3.8, 4) is 5.75 Å². The number of aromatic nitrogens is 2. The molecule has 32 heavy (non-hydrogen) atoms. The van der Waals surface area contributed by atoms with Crippen LogP contribution in [0, 0.1) is 6.92 Å². The zero-order valence-corrected chi connectivity index (χ0v) is 19.2. The first-order chi connectivity index (χ1) is 14.7. The Balaban J connectivity index is 0.000000390. The second kappa shape index (κ2) is 9.77. The number of rotatable bonds is 4. The van der Waals surface area contributed by atoms with Crippen LogP contribution in [0.5, 0.6) is 5.75 Å². The van der Waals surface area contributed by atoms with Crippen molar-refractivity contribution < 1.29 is 43.9 Å². The van der Waals surface area contributed by atoms with Crippen molar-refractivity contribution in [1.29, 1.82) is 0 Å². The number of benzene rings is 1. The molecule has 1 aliphatic rings. The molecule has 2 heterocycles. The van der Waals surface area contributed by atoms with E-state index in [1.807, 2.05) is 31.3 Å². The van der Waals surface area contributed by atoms with Gasteiger partial charge in [0.15, 0.2) is 10.1 Å². The van der Waals surface area contributed by atoms with E-state index < -0.39 is 25.8 Å². The molecule has 3 rings (SSSR count). The second-order valence-electron chi connectivity index (χ2n) is 7.13. The van der Waals surface area contributed by atoms with Gasteiger partial charge in [0, 0.05) is 20.0 Å². The first-order valence-electron chi connectivity index (χ1n) is 9.39. The van der Waals surface area contributed by atoms with Crippen LogP contribution < -0.4 is 9.30 Å². The third-order valence-electron chi connectivity index (χ3n) is 5.06. The van der Waals surface area contributed by atoms with Crippen molar-refractivity contribution in [2.24, 2.45) is 7.05 Å². The SMILES string of the molecule is COc1cccc([C@@H]2CCCN(S(=O)(=O)n3cc[n+](C)c3C)C2)c1.O=S(=O)([O-])C(F)(F)F. The fraction of sp³-hybridized carbons (Fsp3) is 0.500. The number of alkyl halides is 3.